The second kappa shape index (κ2) is 6.17. The molecule has 2 aromatic heterocycles. The van der Waals surface area contributed by atoms with E-state index in [9.17, 15) is 4.79 Å². The lowest BCUT2D eigenvalue weighted by Gasteiger charge is -2.03. The Morgan fingerprint density at radius 2 is 1.95 bits per heavy atom. The molecule has 0 unspecified atom stereocenters. The van der Waals surface area contributed by atoms with Crippen LogP contribution in [-0.4, -0.2) is 20.9 Å². The average Bonchev–Trinajstić information content (AvgIpc) is 2.44. The van der Waals surface area contributed by atoms with Gasteiger partial charge >= 0.3 is 0 Å². The minimum atomic E-state index is -0.386. The Bertz CT molecular complexity index is 596. The molecule has 0 aliphatic rings. The molecule has 0 bridgehead atoms. The van der Waals surface area contributed by atoms with Crippen molar-refractivity contribution in [1.82, 2.24) is 20.4 Å². The number of anilines is 2. The molecule has 0 aliphatic heterocycles. The van der Waals surface area contributed by atoms with E-state index in [0.717, 1.165) is 5.69 Å². The minimum Gasteiger partial charge on any atom is -0.383 e. The van der Waals surface area contributed by atoms with Crippen molar-refractivity contribution in [3.05, 3.63) is 35.7 Å². The van der Waals surface area contributed by atoms with E-state index in [-0.39, 0.29) is 5.91 Å². The van der Waals surface area contributed by atoms with Crippen molar-refractivity contribution in [3.63, 3.8) is 0 Å². The maximum Gasteiger partial charge on any atom is 0.266 e. The van der Waals surface area contributed by atoms with Gasteiger partial charge < -0.3 is 11.5 Å². The average molecular weight is 291 g/mol. The lowest BCUT2D eigenvalue weighted by molar-refractivity contribution is 0.0953. The van der Waals surface area contributed by atoms with Gasteiger partial charge in [-0.05, 0) is 12.1 Å². The second-order valence-corrected chi connectivity index (χ2v) is 4.74. The van der Waals surface area contributed by atoms with Crippen molar-refractivity contribution in [2.24, 2.45) is 5.84 Å². The van der Waals surface area contributed by atoms with Gasteiger partial charge in [-0.25, -0.2) is 15.8 Å². The summed E-state index contributed by atoms with van der Waals surface area (Å²) in [6.07, 6.45) is 1.45. The number of nitrogens with two attached hydrogens (primary N) is 3. The van der Waals surface area contributed by atoms with Crippen LogP contribution in [0.2, 0.25) is 0 Å². The normalized spacial score (nSPS) is 10.2. The van der Waals surface area contributed by atoms with Crippen molar-refractivity contribution < 1.29 is 4.79 Å². The van der Waals surface area contributed by atoms with Crippen LogP contribution in [0.3, 0.4) is 0 Å². The van der Waals surface area contributed by atoms with E-state index in [1.54, 1.807) is 12.1 Å². The van der Waals surface area contributed by atoms with Crippen molar-refractivity contribution >= 4 is 29.3 Å². The first-order chi connectivity index (χ1) is 9.58. The van der Waals surface area contributed by atoms with E-state index >= 15 is 0 Å². The Morgan fingerprint density at radius 1 is 1.25 bits per heavy atom. The van der Waals surface area contributed by atoms with E-state index in [4.69, 9.17) is 17.3 Å². The van der Waals surface area contributed by atoms with E-state index in [1.165, 1.54) is 24.0 Å². The summed E-state index contributed by atoms with van der Waals surface area (Å²) < 4.78 is 0. The molecule has 8 nitrogen and oxygen atoms in total. The van der Waals surface area contributed by atoms with Gasteiger partial charge in [-0.2, -0.15) is 0 Å². The van der Waals surface area contributed by atoms with Gasteiger partial charge in [0.25, 0.3) is 5.91 Å². The molecule has 0 spiro atoms. The fourth-order valence-corrected chi connectivity index (χ4v) is 2.18. The Kier molecular flexibility index (Phi) is 4.33. The number of pyridine rings is 1. The van der Waals surface area contributed by atoms with Crippen LogP contribution in [0.4, 0.5) is 11.6 Å². The Balaban J connectivity index is 2.02. The SMILES string of the molecule is NNC(=O)c1ccc(CSc2nc(N)cc(N)n2)nc1. The predicted molar refractivity (Wildman–Crippen MR) is 76.3 cm³/mol. The molecule has 0 saturated heterocycles. The smallest absolute Gasteiger partial charge is 0.266 e. The molecule has 0 aromatic carbocycles. The van der Waals surface area contributed by atoms with Crippen LogP contribution in [0.25, 0.3) is 0 Å². The number of nitrogens with zero attached hydrogens (tertiary/aromatic N) is 3. The highest BCUT2D eigenvalue weighted by atomic mass is 32.2. The molecule has 0 saturated carbocycles. The van der Waals surface area contributed by atoms with Crippen molar-refractivity contribution in [2.75, 3.05) is 11.5 Å². The van der Waals surface area contributed by atoms with Crippen LogP contribution < -0.4 is 22.7 Å². The quantitative estimate of drug-likeness (QED) is 0.201. The molecule has 0 fully saturated rings. The van der Waals surface area contributed by atoms with Crippen LogP contribution in [0.15, 0.2) is 29.6 Å². The molecule has 0 aliphatic carbocycles. The summed E-state index contributed by atoms with van der Waals surface area (Å²) in [6.45, 7) is 0. The summed E-state index contributed by atoms with van der Waals surface area (Å²) in [5.41, 5.74) is 14.4. The first-order valence-electron chi connectivity index (χ1n) is 5.57. The molecule has 7 N–H and O–H groups in total. The lowest BCUT2D eigenvalue weighted by atomic mass is 10.2. The van der Waals surface area contributed by atoms with Gasteiger partial charge in [0.15, 0.2) is 5.16 Å². The number of aromatic nitrogens is 3. The van der Waals surface area contributed by atoms with Gasteiger partial charge in [0, 0.05) is 18.0 Å². The van der Waals surface area contributed by atoms with E-state index in [1.807, 2.05) is 5.43 Å². The van der Waals surface area contributed by atoms with Crippen LogP contribution in [-0.2, 0) is 5.75 Å². The molecular formula is C11H13N7OS. The number of carbonyl (C=O) groups excluding carboxylic acids is 1. The summed E-state index contributed by atoms with van der Waals surface area (Å²) in [6, 6.07) is 4.86. The number of hydrogen-bond acceptors (Lipinski definition) is 8. The fraction of sp³-hybridized carbons (Fsp3) is 0.0909. The van der Waals surface area contributed by atoms with Crippen LogP contribution in [0, 0.1) is 0 Å². The molecule has 2 aromatic rings. The second-order valence-electron chi connectivity index (χ2n) is 3.80. The van der Waals surface area contributed by atoms with Gasteiger partial charge in [-0.1, -0.05) is 11.8 Å². The molecule has 0 radical (unpaired) electrons. The van der Waals surface area contributed by atoms with Gasteiger partial charge in [-0.15, -0.1) is 0 Å². The van der Waals surface area contributed by atoms with Gasteiger partial charge in [0.2, 0.25) is 0 Å². The van der Waals surface area contributed by atoms with Crippen LogP contribution in [0.5, 0.6) is 0 Å². The van der Waals surface area contributed by atoms with Gasteiger partial charge in [0.05, 0.1) is 11.3 Å². The number of hydrogen-bond donors (Lipinski definition) is 4. The zero-order chi connectivity index (χ0) is 14.5. The third-order valence-corrected chi connectivity index (χ3v) is 3.19. The van der Waals surface area contributed by atoms with Gasteiger partial charge in [-0.3, -0.25) is 15.2 Å². The minimum absolute atomic E-state index is 0.322. The van der Waals surface area contributed by atoms with Gasteiger partial charge in [0.1, 0.15) is 11.6 Å². The standard InChI is InChI=1S/C11H13N7OS/c12-8-3-9(13)17-11(16-8)20-5-7-2-1-6(4-15-7)10(19)18-14/h1-4H,5,14H2,(H,18,19)(H4,12,13,16,17). The highest BCUT2D eigenvalue weighted by molar-refractivity contribution is 7.98. The Labute approximate surface area is 119 Å². The van der Waals surface area contributed by atoms with E-state index in [0.29, 0.717) is 28.1 Å². The third-order valence-electron chi connectivity index (χ3n) is 2.31. The Morgan fingerprint density at radius 3 is 2.50 bits per heavy atom. The molecular weight excluding hydrogens is 278 g/mol. The van der Waals surface area contributed by atoms with E-state index in [2.05, 4.69) is 15.0 Å². The largest absolute Gasteiger partial charge is 0.383 e. The molecule has 1 amide bonds. The number of carbonyl (C=O) groups is 1. The summed E-state index contributed by atoms with van der Waals surface area (Å²) in [4.78, 5) is 23.5. The van der Waals surface area contributed by atoms with Crippen LogP contribution in [0.1, 0.15) is 16.1 Å². The summed E-state index contributed by atoms with van der Waals surface area (Å²) in [7, 11) is 0. The molecule has 2 heterocycles. The Hall–Kier alpha value is -2.39. The van der Waals surface area contributed by atoms with Crippen molar-refractivity contribution in [3.8, 4) is 0 Å². The number of amides is 1. The topological polar surface area (TPSA) is 146 Å². The predicted octanol–water partition coefficient (Wildman–Crippen LogP) is -0.0682. The number of nitrogens with one attached hydrogen (secondary N) is 1. The van der Waals surface area contributed by atoms with E-state index < -0.39 is 0 Å². The molecule has 104 valence electrons. The highest BCUT2D eigenvalue weighted by Crippen LogP contribution is 2.20. The summed E-state index contributed by atoms with van der Waals surface area (Å²) in [5.74, 6) is 5.83. The number of hydrazine groups is 1. The maximum absolute atomic E-state index is 11.2. The summed E-state index contributed by atoms with van der Waals surface area (Å²) in [5, 5.41) is 0.480. The molecule has 0 atom stereocenters. The highest BCUT2D eigenvalue weighted by Gasteiger charge is 2.06. The number of thioether (sulfide) groups is 1. The first kappa shape index (κ1) is 14.0. The zero-order valence-corrected chi connectivity index (χ0v) is 11.2. The molecule has 9 heteroatoms. The molecule has 2 rings (SSSR count). The fourth-order valence-electron chi connectivity index (χ4n) is 1.39. The maximum atomic E-state index is 11.2. The monoisotopic (exact) mass is 291 g/mol. The zero-order valence-electron chi connectivity index (χ0n) is 10.4. The third kappa shape index (κ3) is 3.56. The lowest BCUT2D eigenvalue weighted by Crippen LogP contribution is -2.30. The number of nitrogen functional groups attached to an aromatic ring is 3. The van der Waals surface area contributed by atoms with Crippen LogP contribution >= 0.6 is 11.8 Å². The molecule has 20 heavy (non-hydrogen) atoms. The van der Waals surface area contributed by atoms with Crippen molar-refractivity contribution in [1.29, 1.82) is 0 Å². The summed E-state index contributed by atoms with van der Waals surface area (Å²) >= 11 is 1.35. The first-order valence-corrected chi connectivity index (χ1v) is 6.56. The number of rotatable bonds is 4. The van der Waals surface area contributed by atoms with Crippen molar-refractivity contribution in [2.45, 2.75) is 10.9 Å².